The van der Waals surface area contributed by atoms with Gasteiger partial charge in [-0.3, -0.25) is 0 Å². The van der Waals surface area contributed by atoms with E-state index in [0.717, 1.165) is 0 Å². The molecule has 8 heteroatoms. The van der Waals surface area contributed by atoms with Gasteiger partial charge in [0.2, 0.25) is 0 Å². The highest BCUT2D eigenvalue weighted by atomic mass is 32.2. The molecular formula is C31H39F3O3S2. The van der Waals surface area contributed by atoms with Crippen molar-refractivity contribution in [2.75, 3.05) is 0 Å². The van der Waals surface area contributed by atoms with Gasteiger partial charge < -0.3 is 4.55 Å². The quantitative estimate of drug-likeness (QED) is 0.177. The maximum absolute atomic E-state index is 10.7. The maximum atomic E-state index is 10.7. The Kier molecular flexibility index (Phi) is 9.85. The van der Waals surface area contributed by atoms with Crippen molar-refractivity contribution < 1.29 is 26.1 Å². The molecule has 39 heavy (non-hydrogen) atoms. The average Bonchev–Trinajstić information content (AvgIpc) is 2.77. The van der Waals surface area contributed by atoms with Crippen molar-refractivity contribution in [2.45, 2.75) is 98.8 Å². The van der Waals surface area contributed by atoms with E-state index in [-0.39, 0.29) is 27.1 Å². The Morgan fingerprint density at radius 1 is 0.538 bits per heavy atom. The van der Waals surface area contributed by atoms with Crippen molar-refractivity contribution in [3.05, 3.63) is 89.5 Å². The van der Waals surface area contributed by atoms with E-state index in [1.54, 1.807) is 0 Å². The molecular weight excluding hydrogens is 541 g/mol. The summed E-state index contributed by atoms with van der Waals surface area (Å²) in [5.41, 5.74) is -1.10. The Morgan fingerprint density at radius 2 is 0.744 bits per heavy atom. The highest BCUT2D eigenvalue weighted by Gasteiger charge is 2.40. The van der Waals surface area contributed by atoms with E-state index in [1.165, 1.54) is 31.4 Å². The molecule has 3 aromatic carbocycles. The fourth-order valence-corrected chi connectivity index (χ4v) is 7.29. The van der Waals surface area contributed by atoms with Crippen LogP contribution in [0.2, 0.25) is 0 Å². The highest BCUT2D eigenvalue weighted by molar-refractivity contribution is 7.97. The molecule has 0 spiro atoms. The second-order valence-corrected chi connectivity index (χ2v) is 15.7. The van der Waals surface area contributed by atoms with Crippen LogP contribution >= 0.6 is 0 Å². The molecule has 0 aromatic heterocycles. The molecule has 3 rings (SSSR count). The Morgan fingerprint density at radius 3 is 0.923 bits per heavy atom. The molecule has 0 fully saturated rings. The number of benzene rings is 3. The van der Waals surface area contributed by atoms with E-state index in [2.05, 4.69) is 135 Å². The molecule has 0 aliphatic heterocycles. The fourth-order valence-electron chi connectivity index (χ4n) is 4.15. The van der Waals surface area contributed by atoms with Crippen molar-refractivity contribution in [1.82, 2.24) is 0 Å². The van der Waals surface area contributed by atoms with Crippen molar-refractivity contribution in [3.63, 3.8) is 0 Å². The smallest absolute Gasteiger partial charge is 0.485 e. The molecule has 0 unspecified atom stereocenters. The fraction of sp³-hybridized carbons (Fsp3) is 0.419. The number of halogens is 3. The van der Waals surface area contributed by atoms with Crippen LogP contribution in [0, 0.1) is 0 Å². The summed E-state index contributed by atoms with van der Waals surface area (Å²) in [5.74, 6) is 0. The Hall–Kier alpha value is -2.29. The third kappa shape index (κ3) is 8.35. The molecule has 0 amide bonds. The van der Waals surface area contributed by atoms with E-state index >= 15 is 0 Å². The molecule has 0 aliphatic carbocycles. The van der Waals surface area contributed by atoms with Gasteiger partial charge in [-0.2, -0.15) is 13.2 Å². The van der Waals surface area contributed by atoms with E-state index in [1.807, 2.05) is 0 Å². The lowest BCUT2D eigenvalue weighted by Gasteiger charge is -2.28. The van der Waals surface area contributed by atoms with Gasteiger partial charge in [0.25, 0.3) is 0 Å². The van der Waals surface area contributed by atoms with Gasteiger partial charge in [-0.25, -0.2) is 8.42 Å². The number of hydrogen-bond donors (Lipinski definition) is 0. The number of alkyl halides is 3. The lowest BCUT2D eigenvalue weighted by molar-refractivity contribution is -0.0517. The van der Waals surface area contributed by atoms with Gasteiger partial charge in [0.15, 0.2) is 24.8 Å². The van der Waals surface area contributed by atoms with Gasteiger partial charge in [0, 0.05) is 16.7 Å². The zero-order valence-corrected chi connectivity index (χ0v) is 25.7. The predicted molar refractivity (Wildman–Crippen MR) is 153 cm³/mol. The zero-order valence-electron chi connectivity index (χ0n) is 24.1. The van der Waals surface area contributed by atoms with Crippen LogP contribution in [-0.2, 0) is 37.3 Å². The molecule has 0 heterocycles. The summed E-state index contributed by atoms with van der Waals surface area (Å²) in [6.07, 6.45) is 0. The molecule has 214 valence electrons. The lowest BCUT2D eigenvalue weighted by Crippen LogP contribution is -2.23. The molecule has 0 atom stereocenters. The first-order valence-electron chi connectivity index (χ1n) is 12.6. The standard InChI is InChI=1S/C30H39S.CHF3O3S/c1-28(2,3)22-16-10-13-19-25(22)31(26-20-14-11-17-23(26)29(4,5)6)27-21-15-12-18-24(27)30(7,8)9;2-1(3,4)8(5,6)7/h10-21H,1-9H3;(H,5,6,7)/q+1;/p-1. The van der Waals surface area contributed by atoms with Gasteiger partial charge >= 0.3 is 5.51 Å². The topological polar surface area (TPSA) is 57.2 Å². The Balaban J connectivity index is 0.000000580. The number of hydrogen-bond acceptors (Lipinski definition) is 3. The van der Waals surface area contributed by atoms with Gasteiger partial charge in [0.1, 0.15) is 10.9 Å². The summed E-state index contributed by atoms with van der Waals surface area (Å²) in [5, 5.41) is 0. The monoisotopic (exact) mass is 580 g/mol. The first kappa shape index (κ1) is 32.9. The Bertz CT molecular complexity index is 1240. The molecule has 0 aliphatic rings. The predicted octanol–water partition coefficient (Wildman–Crippen LogP) is 8.73. The molecule has 3 aromatic rings. The molecule has 0 radical (unpaired) electrons. The van der Waals surface area contributed by atoms with E-state index in [0.29, 0.717) is 0 Å². The van der Waals surface area contributed by atoms with E-state index < -0.39 is 15.6 Å². The average molecular weight is 581 g/mol. The molecule has 0 bridgehead atoms. The van der Waals surface area contributed by atoms with Crippen LogP contribution in [0.25, 0.3) is 0 Å². The van der Waals surface area contributed by atoms with Crippen LogP contribution in [0.5, 0.6) is 0 Å². The lowest BCUT2D eigenvalue weighted by atomic mass is 9.87. The van der Waals surface area contributed by atoms with Crippen LogP contribution in [0.4, 0.5) is 13.2 Å². The van der Waals surface area contributed by atoms with Gasteiger partial charge in [-0.15, -0.1) is 0 Å². The third-order valence-corrected chi connectivity index (χ3v) is 8.98. The summed E-state index contributed by atoms with van der Waals surface area (Å²) >= 11 is 0. The second kappa shape index (κ2) is 11.7. The second-order valence-electron chi connectivity index (χ2n) is 12.4. The van der Waals surface area contributed by atoms with Crippen molar-refractivity contribution in [3.8, 4) is 0 Å². The summed E-state index contributed by atoms with van der Waals surface area (Å²) in [6.45, 7) is 21.0. The van der Waals surface area contributed by atoms with Crippen LogP contribution in [-0.4, -0.2) is 18.5 Å². The van der Waals surface area contributed by atoms with Crippen LogP contribution in [0.15, 0.2) is 87.5 Å². The van der Waals surface area contributed by atoms with Crippen LogP contribution in [0.1, 0.15) is 79.0 Å². The Labute approximate surface area is 235 Å². The summed E-state index contributed by atoms with van der Waals surface area (Å²) in [7, 11) is -6.28. The van der Waals surface area contributed by atoms with Crippen molar-refractivity contribution in [1.29, 1.82) is 0 Å². The first-order valence-corrected chi connectivity index (χ1v) is 15.2. The zero-order chi connectivity index (χ0) is 30.0. The van der Waals surface area contributed by atoms with Crippen LogP contribution < -0.4 is 0 Å². The minimum absolute atomic E-state index is 0.0786. The van der Waals surface area contributed by atoms with Crippen molar-refractivity contribution in [2.24, 2.45) is 0 Å². The first-order chi connectivity index (χ1) is 17.6. The third-order valence-electron chi connectivity index (χ3n) is 6.03. The minimum atomic E-state index is -6.09. The molecule has 0 saturated carbocycles. The minimum Gasteiger partial charge on any atom is -0.741 e. The highest BCUT2D eigenvalue weighted by Crippen LogP contribution is 2.44. The molecule has 3 nitrogen and oxygen atoms in total. The number of rotatable bonds is 3. The van der Waals surface area contributed by atoms with Gasteiger partial charge in [0.05, 0.1) is 0 Å². The SMILES string of the molecule is CC(C)(C)c1ccccc1[S+](c1ccccc1C(C)(C)C)c1ccccc1C(C)(C)C.O=S(=O)([O-])C(F)(F)F. The molecule has 0 saturated heterocycles. The van der Waals surface area contributed by atoms with Crippen molar-refractivity contribution >= 4 is 21.0 Å². The van der Waals surface area contributed by atoms with E-state index in [9.17, 15) is 13.2 Å². The summed E-state index contributed by atoms with van der Waals surface area (Å²) in [6, 6.07) is 27.3. The summed E-state index contributed by atoms with van der Waals surface area (Å²) in [4.78, 5) is 4.34. The largest absolute Gasteiger partial charge is 0.741 e. The van der Waals surface area contributed by atoms with E-state index in [4.69, 9.17) is 13.0 Å². The van der Waals surface area contributed by atoms with Gasteiger partial charge in [-0.05, 0) is 34.4 Å². The maximum Gasteiger partial charge on any atom is 0.485 e. The molecule has 0 N–H and O–H groups in total. The van der Waals surface area contributed by atoms with Crippen LogP contribution in [0.3, 0.4) is 0 Å². The van der Waals surface area contributed by atoms with Gasteiger partial charge in [-0.1, -0.05) is 117 Å². The summed E-state index contributed by atoms with van der Waals surface area (Å²) < 4.78 is 58.9. The normalized spacial score (nSPS) is 13.2.